The smallest absolute Gasteiger partial charge is 0.118 e. The van der Waals surface area contributed by atoms with E-state index in [-0.39, 0.29) is 5.41 Å². The lowest BCUT2D eigenvalue weighted by molar-refractivity contribution is 0.455. The number of hydrogen-bond donors (Lipinski definition) is 2. The van der Waals surface area contributed by atoms with Gasteiger partial charge in [0.2, 0.25) is 0 Å². The summed E-state index contributed by atoms with van der Waals surface area (Å²) in [4.78, 5) is 0. The highest BCUT2D eigenvalue weighted by molar-refractivity contribution is 5.48. The summed E-state index contributed by atoms with van der Waals surface area (Å²) in [6.07, 6.45) is 3.59. The monoisotopic (exact) mass is 312 g/mol. The maximum absolute atomic E-state index is 10.0. The van der Waals surface area contributed by atoms with E-state index in [2.05, 4.69) is 39.8 Å². The average Bonchev–Trinajstić information content (AvgIpc) is 2.58. The molecule has 0 atom stereocenters. The summed E-state index contributed by atoms with van der Waals surface area (Å²) in [5.41, 5.74) is 4.37. The molecule has 2 aromatic rings. The van der Waals surface area contributed by atoms with E-state index in [1.54, 1.807) is 0 Å². The molecule has 0 spiro atoms. The Morgan fingerprint density at radius 1 is 0.696 bits per heavy atom. The minimum absolute atomic E-state index is 0.0881. The largest absolute Gasteiger partial charge is 0.508 e. The van der Waals surface area contributed by atoms with Crippen LogP contribution in [0.15, 0.2) is 36.4 Å². The molecule has 0 bridgehead atoms. The zero-order valence-electron chi connectivity index (χ0n) is 14.7. The maximum atomic E-state index is 10.0. The van der Waals surface area contributed by atoms with E-state index in [1.165, 1.54) is 11.1 Å². The standard InChI is InChI=1S/C21H28O2/c1-5-15-13-17(9-11-19(15)22)21(7-3,8-4)18-10-12-20(23)16(6-2)14-18/h9-14,22-23H,5-8H2,1-4H3. The van der Waals surface area contributed by atoms with Crippen LogP contribution in [0.4, 0.5) is 0 Å². The first-order valence-electron chi connectivity index (χ1n) is 8.67. The third-order valence-corrected chi connectivity index (χ3v) is 5.23. The predicted molar refractivity (Wildman–Crippen MR) is 96.3 cm³/mol. The summed E-state index contributed by atoms with van der Waals surface area (Å²) in [6, 6.07) is 12.0. The second kappa shape index (κ2) is 7.08. The van der Waals surface area contributed by atoms with Crippen LogP contribution in [0.2, 0.25) is 0 Å². The molecule has 124 valence electrons. The SMILES string of the molecule is CCc1cc(C(CC)(CC)c2ccc(O)c(CC)c2)ccc1O. The summed E-state index contributed by atoms with van der Waals surface area (Å²) >= 11 is 0. The van der Waals surface area contributed by atoms with Gasteiger partial charge in [0.05, 0.1) is 0 Å². The number of benzene rings is 2. The van der Waals surface area contributed by atoms with Crippen LogP contribution in [0.5, 0.6) is 11.5 Å². The minimum atomic E-state index is -0.0881. The zero-order valence-corrected chi connectivity index (χ0v) is 14.7. The molecule has 0 saturated heterocycles. The van der Waals surface area contributed by atoms with Gasteiger partial charge in [-0.15, -0.1) is 0 Å². The lowest BCUT2D eigenvalue weighted by atomic mass is 9.70. The quantitative estimate of drug-likeness (QED) is 0.757. The first kappa shape index (κ1) is 17.4. The Kier molecular flexibility index (Phi) is 5.35. The van der Waals surface area contributed by atoms with Crippen LogP contribution >= 0.6 is 0 Å². The molecule has 2 nitrogen and oxygen atoms in total. The molecule has 2 rings (SSSR count). The van der Waals surface area contributed by atoms with Crippen molar-refractivity contribution in [1.82, 2.24) is 0 Å². The molecular formula is C21H28O2. The summed E-state index contributed by atoms with van der Waals surface area (Å²) in [5.74, 6) is 0.745. The molecule has 0 aliphatic rings. The molecule has 2 N–H and O–H groups in total. The number of hydrogen-bond acceptors (Lipinski definition) is 2. The van der Waals surface area contributed by atoms with Crippen molar-refractivity contribution in [3.05, 3.63) is 58.7 Å². The Bertz CT molecular complexity index is 614. The van der Waals surface area contributed by atoms with Crippen molar-refractivity contribution in [1.29, 1.82) is 0 Å². The molecule has 0 aliphatic heterocycles. The Morgan fingerprint density at radius 2 is 1.09 bits per heavy atom. The molecule has 0 aromatic heterocycles. The molecule has 0 radical (unpaired) electrons. The van der Waals surface area contributed by atoms with Crippen molar-refractivity contribution in [3.63, 3.8) is 0 Å². The lowest BCUT2D eigenvalue weighted by Crippen LogP contribution is -2.26. The van der Waals surface area contributed by atoms with Gasteiger partial charge in [0.1, 0.15) is 11.5 Å². The molecule has 0 saturated carbocycles. The van der Waals surface area contributed by atoms with E-state index in [0.29, 0.717) is 11.5 Å². The van der Waals surface area contributed by atoms with Crippen LogP contribution in [0.3, 0.4) is 0 Å². The fraction of sp³-hybridized carbons (Fsp3) is 0.429. The van der Waals surface area contributed by atoms with Crippen molar-refractivity contribution >= 4 is 0 Å². The highest BCUT2D eigenvalue weighted by Crippen LogP contribution is 2.41. The van der Waals surface area contributed by atoms with Gasteiger partial charge in [-0.1, -0.05) is 52.0 Å². The van der Waals surface area contributed by atoms with Crippen LogP contribution in [0, 0.1) is 0 Å². The van der Waals surface area contributed by atoms with Gasteiger partial charge in [-0.25, -0.2) is 0 Å². The molecule has 0 fully saturated rings. The van der Waals surface area contributed by atoms with Crippen molar-refractivity contribution in [2.75, 3.05) is 0 Å². The van der Waals surface area contributed by atoms with Crippen molar-refractivity contribution < 1.29 is 10.2 Å². The van der Waals surface area contributed by atoms with E-state index >= 15 is 0 Å². The fourth-order valence-electron chi connectivity index (χ4n) is 3.57. The second-order valence-electron chi connectivity index (χ2n) is 6.18. The minimum Gasteiger partial charge on any atom is -0.508 e. The van der Waals surface area contributed by atoms with E-state index in [1.807, 2.05) is 24.3 Å². The third-order valence-electron chi connectivity index (χ3n) is 5.23. The first-order valence-corrected chi connectivity index (χ1v) is 8.67. The van der Waals surface area contributed by atoms with E-state index in [4.69, 9.17) is 0 Å². The van der Waals surface area contributed by atoms with Crippen LogP contribution in [-0.2, 0) is 18.3 Å². The molecule has 0 unspecified atom stereocenters. The highest BCUT2D eigenvalue weighted by Gasteiger charge is 2.31. The van der Waals surface area contributed by atoms with Crippen molar-refractivity contribution in [2.24, 2.45) is 0 Å². The van der Waals surface area contributed by atoms with Gasteiger partial charge in [-0.2, -0.15) is 0 Å². The van der Waals surface area contributed by atoms with E-state index in [9.17, 15) is 10.2 Å². The summed E-state index contributed by atoms with van der Waals surface area (Å²) in [7, 11) is 0. The molecule has 2 aromatic carbocycles. The summed E-state index contributed by atoms with van der Waals surface area (Å²) < 4.78 is 0. The van der Waals surface area contributed by atoms with Gasteiger partial charge >= 0.3 is 0 Å². The lowest BCUT2D eigenvalue weighted by Gasteiger charge is -2.34. The number of aryl methyl sites for hydroxylation is 2. The van der Waals surface area contributed by atoms with Crippen LogP contribution in [0.1, 0.15) is 62.8 Å². The van der Waals surface area contributed by atoms with Crippen molar-refractivity contribution in [2.45, 2.75) is 58.8 Å². The number of rotatable bonds is 6. The van der Waals surface area contributed by atoms with E-state index in [0.717, 1.165) is 36.8 Å². The van der Waals surface area contributed by atoms with Gasteiger partial charge < -0.3 is 10.2 Å². The Labute approximate surface area is 139 Å². The van der Waals surface area contributed by atoms with Crippen LogP contribution < -0.4 is 0 Å². The van der Waals surface area contributed by atoms with Crippen LogP contribution in [0.25, 0.3) is 0 Å². The number of phenols is 2. The number of phenolic OH excluding ortho intramolecular Hbond substituents is 2. The van der Waals surface area contributed by atoms with Crippen LogP contribution in [-0.4, -0.2) is 10.2 Å². The first-order chi connectivity index (χ1) is 11.0. The zero-order chi connectivity index (χ0) is 17.0. The van der Waals surface area contributed by atoms with Gasteiger partial charge in [-0.3, -0.25) is 0 Å². The van der Waals surface area contributed by atoms with Gasteiger partial charge in [0, 0.05) is 5.41 Å². The van der Waals surface area contributed by atoms with Gasteiger partial charge in [-0.05, 0) is 60.1 Å². The summed E-state index contributed by atoms with van der Waals surface area (Å²) in [5, 5.41) is 20.0. The Morgan fingerprint density at radius 3 is 1.39 bits per heavy atom. The summed E-state index contributed by atoms with van der Waals surface area (Å²) in [6.45, 7) is 8.54. The fourth-order valence-corrected chi connectivity index (χ4v) is 3.57. The van der Waals surface area contributed by atoms with Gasteiger partial charge in [0.25, 0.3) is 0 Å². The molecule has 23 heavy (non-hydrogen) atoms. The Balaban J connectivity index is 2.64. The van der Waals surface area contributed by atoms with Gasteiger partial charge in [0.15, 0.2) is 0 Å². The molecule has 0 amide bonds. The number of aromatic hydroxyl groups is 2. The average molecular weight is 312 g/mol. The van der Waals surface area contributed by atoms with E-state index < -0.39 is 0 Å². The maximum Gasteiger partial charge on any atom is 0.118 e. The topological polar surface area (TPSA) is 40.5 Å². The predicted octanol–water partition coefficient (Wildman–Crippen LogP) is 5.33. The molecular weight excluding hydrogens is 284 g/mol. The normalized spacial score (nSPS) is 11.7. The van der Waals surface area contributed by atoms with Crippen molar-refractivity contribution in [3.8, 4) is 11.5 Å². The molecule has 0 heterocycles. The molecule has 2 heteroatoms. The molecule has 0 aliphatic carbocycles. The Hall–Kier alpha value is -1.96. The third kappa shape index (κ3) is 3.08. The second-order valence-corrected chi connectivity index (χ2v) is 6.18. The highest BCUT2D eigenvalue weighted by atomic mass is 16.3.